The van der Waals surface area contributed by atoms with Crippen molar-refractivity contribution in [3.63, 3.8) is 0 Å². The molecular formula is C16H18N2OS. The zero-order chi connectivity index (χ0) is 13.9. The Bertz CT molecular complexity index is 668. The largest absolute Gasteiger partial charge is 0.441 e. The van der Waals surface area contributed by atoms with Crippen LogP contribution in [0.5, 0.6) is 0 Å². The van der Waals surface area contributed by atoms with Crippen LogP contribution in [0.1, 0.15) is 29.3 Å². The summed E-state index contributed by atoms with van der Waals surface area (Å²) in [6, 6.07) is 10.4. The number of thiophene rings is 1. The van der Waals surface area contributed by atoms with Crippen molar-refractivity contribution in [3.8, 4) is 0 Å². The molecule has 0 fully saturated rings. The van der Waals surface area contributed by atoms with Crippen LogP contribution in [0.4, 0.5) is 0 Å². The van der Waals surface area contributed by atoms with E-state index in [1.165, 1.54) is 10.4 Å². The van der Waals surface area contributed by atoms with Crippen molar-refractivity contribution in [2.45, 2.75) is 25.8 Å². The second-order valence-electron chi connectivity index (χ2n) is 4.78. The third-order valence-corrected chi connectivity index (χ3v) is 4.62. The second kappa shape index (κ2) is 5.77. The van der Waals surface area contributed by atoms with E-state index in [1.807, 2.05) is 31.3 Å². The number of rotatable bonds is 5. The fourth-order valence-electron chi connectivity index (χ4n) is 2.45. The molecular weight excluding hydrogens is 268 g/mol. The van der Waals surface area contributed by atoms with Gasteiger partial charge in [-0.25, -0.2) is 4.98 Å². The molecule has 3 rings (SSSR count). The molecule has 0 aliphatic heterocycles. The lowest BCUT2D eigenvalue weighted by atomic mass is 10.1. The summed E-state index contributed by atoms with van der Waals surface area (Å²) in [6.07, 6.45) is 1.84. The van der Waals surface area contributed by atoms with E-state index >= 15 is 0 Å². The molecule has 2 heterocycles. The molecule has 1 aromatic carbocycles. The van der Waals surface area contributed by atoms with E-state index in [9.17, 15) is 0 Å². The van der Waals surface area contributed by atoms with Gasteiger partial charge in [0.2, 0.25) is 0 Å². The highest BCUT2D eigenvalue weighted by Gasteiger charge is 2.18. The number of benzene rings is 1. The monoisotopic (exact) mass is 286 g/mol. The minimum atomic E-state index is 0.262. The number of fused-ring (bicyclic) bond motifs is 1. The van der Waals surface area contributed by atoms with E-state index in [1.54, 1.807) is 11.3 Å². The van der Waals surface area contributed by atoms with Crippen molar-refractivity contribution >= 4 is 22.4 Å². The predicted octanol–water partition coefficient (Wildman–Crippen LogP) is 3.95. The average Bonchev–Trinajstić information content (AvgIpc) is 3.10. The maximum Gasteiger partial charge on any atom is 0.197 e. The number of oxazole rings is 1. The van der Waals surface area contributed by atoms with E-state index in [0.717, 1.165) is 29.8 Å². The molecule has 0 aliphatic carbocycles. The van der Waals surface area contributed by atoms with Crippen LogP contribution in [0.15, 0.2) is 40.1 Å². The van der Waals surface area contributed by atoms with Crippen molar-refractivity contribution in [3.05, 3.63) is 52.0 Å². The SMILES string of the molecule is CCc1ccsc1C(Cc1nc2ccccc2o1)NC. The van der Waals surface area contributed by atoms with Crippen molar-refractivity contribution < 1.29 is 4.42 Å². The summed E-state index contributed by atoms with van der Waals surface area (Å²) in [4.78, 5) is 5.95. The smallest absolute Gasteiger partial charge is 0.197 e. The van der Waals surface area contributed by atoms with Gasteiger partial charge in [-0.3, -0.25) is 0 Å². The van der Waals surface area contributed by atoms with Gasteiger partial charge in [-0.2, -0.15) is 0 Å². The quantitative estimate of drug-likeness (QED) is 0.771. The van der Waals surface area contributed by atoms with Crippen LogP contribution in [0.2, 0.25) is 0 Å². The molecule has 0 amide bonds. The third-order valence-electron chi connectivity index (χ3n) is 3.54. The summed E-state index contributed by atoms with van der Waals surface area (Å²) >= 11 is 1.80. The minimum Gasteiger partial charge on any atom is -0.441 e. The summed E-state index contributed by atoms with van der Waals surface area (Å²) in [5.74, 6) is 0.793. The van der Waals surface area contributed by atoms with Gasteiger partial charge in [-0.1, -0.05) is 19.1 Å². The summed E-state index contributed by atoms with van der Waals surface area (Å²) in [5.41, 5.74) is 3.20. The minimum absolute atomic E-state index is 0.262. The summed E-state index contributed by atoms with van der Waals surface area (Å²) in [7, 11) is 1.99. The topological polar surface area (TPSA) is 38.1 Å². The lowest BCUT2D eigenvalue weighted by Gasteiger charge is -2.14. The maximum absolute atomic E-state index is 5.83. The Hall–Kier alpha value is -1.65. The van der Waals surface area contributed by atoms with Gasteiger partial charge in [0.1, 0.15) is 5.52 Å². The maximum atomic E-state index is 5.83. The van der Waals surface area contributed by atoms with Crippen LogP contribution < -0.4 is 5.32 Å². The lowest BCUT2D eigenvalue weighted by molar-refractivity contribution is 0.476. The van der Waals surface area contributed by atoms with E-state index in [2.05, 4.69) is 28.7 Å². The molecule has 104 valence electrons. The van der Waals surface area contributed by atoms with Crippen LogP contribution in [0.3, 0.4) is 0 Å². The molecule has 0 bridgehead atoms. The molecule has 0 saturated heterocycles. The number of likely N-dealkylation sites (N-methyl/N-ethyl adjacent to an activating group) is 1. The van der Waals surface area contributed by atoms with Gasteiger partial charge in [0.05, 0.1) is 6.04 Å². The first-order chi connectivity index (χ1) is 9.81. The van der Waals surface area contributed by atoms with Crippen LogP contribution >= 0.6 is 11.3 Å². The van der Waals surface area contributed by atoms with E-state index < -0.39 is 0 Å². The molecule has 0 spiro atoms. The van der Waals surface area contributed by atoms with Crippen molar-refractivity contribution in [2.24, 2.45) is 0 Å². The van der Waals surface area contributed by atoms with Crippen molar-refractivity contribution in [1.82, 2.24) is 10.3 Å². The highest BCUT2D eigenvalue weighted by molar-refractivity contribution is 7.10. The molecule has 1 unspecified atom stereocenters. The molecule has 0 aliphatic rings. The highest BCUT2D eigenvalue weighted by Crippen LogP contribution is 2.28. The average molecular weight is 286 g/mol. The fourth-order valence-corrected chi connectivity index (χ4v) is 3.56. The number of hydrogen-bond acceptors (Lipinski definition) is 4. The predicted molar refractivity (Wildman–Crippen MR) is 83.2 cm³/mol. The van der Waals surface area contributed by atoms with Gasteiger partial charge in [0.25, 0.3) is 0 Å². The number of hydrogen-bond donors (Lipinski definition) is 1. The third kappa shape index (κ3) is 2.49. The normalized spacial score (nSPS) is 12.9. The van der Waals surface area contributed by atoms with E-state index in [0.29, 0.717) is 0 Å². The Morgan fingerprint density at radius 3 is 2.90 bits per heavy atom. The second-order valence-corrected chi connectivity index (χ2v) is 5.73. The molecule has 3 aromatic rings. The summed E-state index contributed by atoms with van der Waals surface area (Å²) in [5, 5.41) is 5.54. The van der Waals surface area contributed by atoms with Crippen LogP contribution in [0, 0.1) is 0 Å². The van der Waals surface area contributed by atoms with Crippen LogP contribution in [-0.4, -0.2) is 12.0 Å². The summed E-state index contributed by atoms with van der Waals surface area (Å²) < 4.78 is 5.83. The number of nitrogens with zero attached hydrogens (tertiary/aromatic N) is 1. The van der Waals surface area contributed by atoms with Gasteiger partial charge in [0.15, 0.2) is 11.5 Å². The zero-order valence-corrected chi connectivity index (χ0v) is 12.5. The number of aromatic nitrogens is 1. The Morgan fingerprint density at radius 2 is 2.15 bits per heavy atom. The molecule has 2 aromatic heterocycles. The molecule has 0 saturated carbocycles. The fraction of sp³-hybridized carbons (Fsp3) is 0.312. The van der Waals surface area contributed by atoms with Gasteiger partial charge in [-0.05, 0) is 42.6 Å². The lowest BCUT2D eigenvalue weighted by Crippen LogP contribution is -2.19. The first-order valence-corrected chi connectivity index (χ1v) is 7.77. The molecule has 3 nitrogen and oxygen atoms in total. The van der Waals surface area contributed by atoms with Gasteiger partial charge >= 0.3 is 0 Å². The Morgan fingerprint density at radius 1 is 1.30 bits per heavy atom. The van der Waals surface area contributed by atoms with Gasteiger partial charge in [-0.15, -0.1) is 11.3 Å². The number of aryl methyl sites for hydroxylation is 1. The van der Waals surface area contributed by atoms with Crippen LogP contribution in [0.25, 0.3) is 11.1 Å². The van der Waals surface area contributed by atoms with E-state index in [-0.39, 0.29) is 6.04 Å². The first kappa shape index (κ1) is 13.3. The molecule has 4 heteroatoms. The molecule has 1 atom stereocenters. The van der Waals surface area contributed by atoms with E-state index in [4.69, 9.17) is 4.42 Å². The Balaban J connectivity index is 1.87. The van der Waals surface area contributed by atoms with Crippen molar-refractivity contribution in [2.75, 3.05) is 7.05 Å². The first-order valence-electron chi connectivity index (χ1n) is 6.89. The Kier molecular flexibility index (Phi) is 3.85. The van der Waals surface area contributed by atoms with Gasteiger partial charge < -0.3 is 9.73 Å². The van der Waals surface area contributed by atoms with Gasteiger partial charge in [0, 0.05) is 11.3 Å². The summed E-state index contributed by atoms with van der Waals surface area (Å²) in [6.45, 7) is 2.19. The van der Waals surface area contributed by atoms with Crippen LogP contribution in [-0.2, 0) is 12.8 Å². The molecule has 1 N–H and O–H groups in total. The zero-order valence-electron chi connectivity index (χ0n) is 11.7. The number of nitrogens with one attached hydrogen (secondary N) is 1. The standard InChI is InChI=1S/C16H18N2OS/c1-3-11-8-9-20-16(11)13(17-2)10-15-18-12-6-4-5-7-14(12)19-15/h4-9,13,17H,3,10H2,1-2H3. The Labute approximate surface area is 122 Å². The highest BCUT2D eigenvalue weighted by atomic mass is 32.1. The molecule has 0 radical (unpaired) electrons. The number of para-hydroxylation sites is 2. The van der Waals surface area contributed by atoms with Crippen molar-refractivity contribution in [1.29, 1.82) is 0 Å². The molecule has 20 heavy (non-hydrogen) atoms.